The highest BCUT2D eigenvalue weighted by Crippen LogP contribution is 2.32. The van der Waals surface area contributed by atoms with Crippen LogP contribution in [0.5, 0.6) is 0 Å². The van der Waals surface area contributed by atoms with Gasteiger partial charge < -0.3 is 4.98 Å². The van der Waals surface area contributed by atoms with Crippen molar-refractivity contribution in [1.82, 2.24) is 19.5 Å². The van der Waals surface area contributed by atoms with Crippen LogP contribution in [0, 0.1) is 11.3 Å². The predicted molar refractivity (Wildman–Crippen MR) is 101 cm³/mol. The van der Waals surface area contributed by atoms with Gasteiger partial charge in [-0.1, -0.05) is 30.3 Å². The molecule has 0 saturated heterocycles. The van der Waals surface area contributed by atoms with Crippen LogP contribution < -0.4 is 0 Å². The van der Waals surface area contributed by atoms with Gasteiger partial charge in [0.25, 0.3) is 0 Å². The maximum absolute atomic E-state index is 9.10. The average Bonchev–Trinajstić information content (AvgIpc) is 3.32. The summed E-state index contributed by atoms with van der Waals surface area (Å²) in [4.78, 5) is 12.5. The summed E-state index contributed by atoms with van der Waals surface area (Å²) in [5, 5.41) is 10.1. The molecular formula is C21H13N5. The molecule has 0 atom stereocenters. The number of aromatic nitrogens is 4. The van der Waals surface area contributed by atoms with E-state index in [-0.39, 0.29) is 0 Å². The number of rotatable bonds is 2. The number of nitrogens with zero attached hydrogens (tertiary/aromatic N) is 4. The minimum absolute atomic E-state index is 0.632. The summed E-state index contributed by atoms with van der Waals surface area (Å²) in [6.45, 7) is 0. The van der Waals surface area contributed by atoms with E-state index in [0.717, 1.165) is 39.1 Å². The molecule has 1 N–H and O–H groups in total. The van der Waals surface area contributed by atoms with E-state index in [1.807, 2.05) is 66.9 Å². The van der Waals surface area contributed by atoms with Gasteiger partial charge in [-0.05, 0) is 30.3 Å². The Morgan fingerprint density at radius 1 is 0.962 bits per heavy atom. The summed E-state index contributed by atoms with van der Waals surface area (Å²) in [6, 6.07) is 21.8. The second-order valence-corrected chi connectivity index (χ2v) is 6.03. The standard InChI is InChI=1S/C21H13N5/c22-12-14-6-8-16(9-7-14)26-19-17-10-11-23-20(17)24-13-18(19)25-21(26)15-4-2-1-3-5-15/h1-11,13H,(H,23,24). The van der Waals surface area contributed by atoms with E-state index in [2.05, 4.69) is 20.6 Å². The normalized spacial score (nSPS) is 11.0. The molecule has 26 heavy (non-hydrogen) atoms. The Labute approximate surface area is 149 Å². The van der Waals surface area contributed by atoms with E-state index in [0.29, 0.717) is 5.56 Å². The van der Waals surface area contributed by atoms with Crippen molar-refractivity contribution in [1.29, 1.82) is 5.26 Å². The van der Waals surface area contributed by atoms with Crippen molar-refractivity contribution < 1.29 is 0 Å². The van der Waals surface area contributed by atoms with Gasteiger partial charge in [0.2, 0.25) is 0 Å². The van der Waals surface area contributed by atoms with Crippen molar-refractivity contribution >= 4 is 22.1 Å². The smallest absolute Gasteiger partial charge is 0.145 e. The molecular weight excluding hydrogens is 322 g/mol. The first kappa shape index (κ1) is 14.4. The molecule has 3 aromatic heterocycles. The van der Waals surface area contributed by atoms with Gasteiger partial charge >= 0.3 is 0 Å². The van der Waals surface area contributed by atoms with E-state index < -0.39 is 0 Å². The molecule has 0 spiro atoms. The van der Waals surface area contributed by atoms with Crippen LogP contribution >= 0.6 is 0 Å². The van der Waals surface area contributed by atoms with Crippen molar-refractivity contribution in [3.05, 3.63) is 78.6 Å². The van der Waals surface area contributed by atoms with Crippen LogP contribution in [0.4, 0.5) is 0 Å². The second-order valence-electron chi connectivity index (χ2n) is 6.03. The minimum Gasteiger partial charge on any atom is -0.346 e. The van der Waals surface area contributed by atoms with Crippen molar-refractivity contribution in [2.24, 2.45) is 0 Å². The van der Waals surface area contributed by atoms with Gasteiger partial charge in [-0.25, -0.2) is 9.97 Å². The number of fused-ring (bicyclic) bond motifs is 3. The maximum atomic E-state index is 9.10. The highest BCUT2D eigenvalue weighted by molar-refractivity contribution is 6.03. The lowest BCUT2D eigenvalue weighted by molar-refractivity contribution is 1.10. The lowest BCUT2D eigenvalue weighted by Crippen LogP contribution is -1.98. The van der Waals surface area contributed by atoms with E-state index in [1.54, 1.807) is 6.20 Å². The number of pyridine rings is 1. The van der Waals surface area contributed by atoms with Crippen molar-refractivity contribution in [2.45, 2.75) is 0 Å². The fourth-order valence-corrected chi connectivity index (χ4v) is 3.29. The Kier molecular flexibility index (Phi) is 3.09. The monoisotopic (exact) mass is 335 g/mol. The molecule has 0 aliphatic heterocycles. The molecule has 0 bridgehead atoms. The quantitative estimate of drug-likeness (QED) is 0.518. The largest absolute Gasteiger partial charge is 0.346 e. The summed E-state index contributed by atoms with van der Waals surface area (Å²) < 4.78 is 2.13. The third kappa shape index (κ3) is 2.10. The molecule has 0 fully saturated rings. The van der Waals surface area contributed by atoms with Crippen LogP contribution in [0.1, 0.15) is 5.56 Å². The Hall–Kier alpha value is -3.91. The number of imidazole rings is 1. The zero-order chi connectivity index (χ0) is 17.5. The Morgan fingerprint density at radius 2 is 1.77 bits per heavy atom. The molecule has 0 unspecified atom stereocenters. The van der Waals surface area contributed by atoms with E-state index in [9.17, 15) is 0 Å². The van der Waals surface area contributed by atoms with Crippen molar-refractivity contribution in [2.75, 3.05) is 0 Å². The third-order valence-corrected chi connectivity index (χ3v) is 4.49. The number of benzene rings is 2. The molecule has 0 saturated carbocycles. The molecule has 0 radical (unpaired) electrons. The number of nitriles is 1. The van der Waals surface area contributed by atoms with Crippen LogP contribution in [0.15, 0.2) is 73.1 Å². The molecule has 5 aromatic rings. The van der Waals surface area contributed by atoms with Gasteiger partial charge in [-0.15, -0.1) is 0 Å². The fourth-order valence-electron chi connectivity index (χ4n) is 3.29. The number of nitrogens with one attached hydrogen (secondary N) is 1. The summed E-state index contributed by atoms with van der Waals surface area (Å²) in [5.41, 5.74) is 5.27. The fraction of sp³-hybridized carbons (Fsp3) is 0. The molecule has 3 heterocycles. The van der Waals surface area contributed by atoms with E-state index in [4.69, 9.17) is 10.2 Å². The summed E-state index contributed by atoms with van der Waals surface area (Å²) in [5.74, 6) is 0.848. The van der Waals surface area contributed by atoms with Gasteiger partial charge in [0, 0.05) is 22.8 Å². The molecule has 5 heteroatoms. The van der Waals surface area contributed by atoms with E-state index in [1.165, 1.54) is 0 Å². The molecule has 2 aromatic carbocycles. The number of aromatic amines is 1. The van der Waals surface area contributed by atoms with E-state index >= 15 is 0 Å². The topological polar surface area (TPSA) is 70.3 Å². The zero-order valence-corrected chi connectivity index (χ0v) is 13.7. The Balaban J connectivity index is 1.90. The first-order valence-corrected chi connectivity index (χ1v) is 8.25. The molecule has 0 aliphatic rings. The Bertz CT molecular complexity index is 1270. The van der Waals surface area contributed by atoms with Crippen LogP contribution in [-0.2, 0) is 0 Å². The SMILES string of the molecule is N#Cc1ccc(-n2c(-c3ccccc3)nc3cnc4[nH]ccc4c32)cc1. The van der Waals surface area contributed by atoms with Crippen molar-refractivity contribution in [3.63, 3.8) is 0 Å². The number of hydrogen-bond acceptors (Lipinski definition) is 3. The molecule has 5 rings (SSSR count). The lowest BCUT2D eigenvalue weighted by atomic mass is 10.2. The van der Waals surface area contributed by atoms with Gasteiger partial charge in [0.05, 0.1) is 23.3 Å². The number of hydrogen-bond donors (Lipinski definition) is 1. The van der Waals surface area contributed by atoms with Crippen LogP contribution in [0.25, 0.3) is 39.1 Å². The summed E-state index contributed by atoms with van der Waals surface area (Å²) >= 11 is 0. The zero-order valence-electron chi connectivity index (χ0n) is 13.7. The third-order valence-electron chi connectivity index (χ3n) is 4.49. The lowest BCUT2D eigenvalue weighted by Gasteiger charge is -2.10. The molecule has 5 nitrogen and oxygen atoms in total. The summed E-state index contributed by atoms with van der Waals surface area (Å²) in [7, 11) is 0. The number of H-pyrrole nitrogens is 1. The van der Waals surface area contributed by atoms with Crippen LogP contribution in [0.3, 0.4) is 0 Å². The molecule has 0 amide bonds. The summed E-state index contributed by atoms with van der Waals surface area (Å²) in [6.07, 6.45) is 3.68. The van der Waals surface area contributed by atoms with Crippen LogP contribution in [-0.4, -0.2) is 19.5 Å². The highest BCUT2D eigenvalue weighted by Gasteiger charge is 2.17. The highest BCUT2D eigenvalue weighted by atomic mass is 15.1. The first-order valence-electron chi connectivity index (χ1n) is 8.25. The van der Waals surface area contributed by atoms with Gasteiger partial charge in [-0.2, -0.15) is 5.26 Å². The minimum atomic E-state index is 0.632. The van der Waals surface area contributed by atoms with Gasteiger partial charge in [-0.3, -0.25) is 4.57 Å². The average molecular weight is 335 g/mol. The Morgan fingerprint density at radius 3 is 2.54 bits per heavy atom. The molecule has 122 valence electrons. The van der Waals surface area contributed by atoms with Crippen LogP contribution in [0.2, 0.25) is 0 Å². The van der Waals surface area contributed by atoms with Gasteiger partial charge in [0.15, 0.2) is 0 Å². The maximum Gasteiger partial charge on any atom is 0.145 e. The molecule has 0 aliphatic carbocycles. The second kappa shape index (κ2) is 5.57. The van der Waals surface area contributed by atoms with Crippen molar-refractivity contribution in [3.8, 4) is 23.1 Å². The predicted octanol–water partition coefficient (Wildman–Crippen LogP) is 4.44. The first-order chi connectivity index (χ1) is 12.8. The van der Waals surface area contributed by atoms with Gasteiger partial charge in [0.1, 0.15) is 17.0 Å².